The Kier molecular flexibility index (Phi) is 4.41. The molecule has 2 aliphatic rings. The zero-order valence-corrected chi connectivity index (χ0v) is 20.3. The highest BCUT2D eigenvalue weighted by Crippen LogP contribution is 2.51. The lowest BCUT2D eigenvalue weighted by Gasteiger charge is -2.36. The van der Waals surface area contributed by atoms with Crippen LogP contribution in [-0.2, 0) is 0 Å². The van der Waals surface area contributed by atoms with Gasteiger partial charge in [-0.2, -0.15) is 0 Å². The van der Waals surface area contributed by atoms with Gasteiger partial charge >= 0.3 is 0 Å². The van der Waals surface area contributed by atoms with E-state index in [1.807, 2.05) is 6.07 Å². The fourth-order valence-corrected chi connectivity index (χ4v) is 6.49. The van der Waals surface area contributed by atoms with E-state index in [1.54, 1.807) is 0 Å². The van der Waals surface area contributed by atoms with Crippen LogP contribution in [0.1, 0.15) is 28.2 Å². The average molecular weight is 473 g/mol. The summed E-state index contributed by atoms with van der Waals surface area (Å²) in [6.45, 7) is 0. The minimum absolute atomic E-state index is 0.167. The zero-order valence-electron chi connectivity index (χ0n) is 20.3. The second-order valence-electron chi connectivity index (χ2n) is 10.0. The van der Waals surface area contributed by atoms with Crippen LogP contribution in [0.2, 0.25) is 0 Å². The predicted octanol–water partition coefficient (Wildman–Crippen LogP) is 9.43. The Hall–Kier alpha value is -4.62. The highest BCUT2D eigenvalue weighted by atomic mass is 16.3. The summed E-state index contributed by atoms with van der Waals surface area (Å²) in [7, 11) is 0. The van der Waals surface area contributed by atoms with Gasteiger partial charge in [0.15, 0.2) is 0 Å². The Morgan fingerprint density at radius 1 is 0.595 bits per heavy atom. The summed E-state index contributed by atoms with van der Waals surface area (Å²) >= 11 is 0. The molecule has 5 aromatic carbocycles. The van der Waals surface area contributed by atoms with Gasteiger partial charge in [0.25, 0.3) is 0 Å². The van der Waals surface area contributed by atoms with Crippen LogP contribution in [-0.4, -0.2) is 0 Å². The molecule has 0 saturated heterocycles. The van der Waals surface area contributed by atoms with E-state index in [1.165, 1.54) is 54.9 Å². The van der Waals surface area contributed by atoms with Crippen molar-refractivity contribution in [3.05, 3.63) is 161 Å². The summed E-state index contributed by atoms with van der Waals surface area (Å²) in [5, 5.41) is 4.90. The minimum Gasteiger partial charge on any atom is -0.456 e. The van der Waals surface area contributed by atoms with Crippen LogP contribution >= 0.6 is 0 Å². The molecule has 0 amide bonds. The number of para-hydroxylation sites is 2. The topological polar surface area (TPSA) is 13.1 Å². The lowest BCUT2D eigenvalue weighted by atomic mass is 9.66. The van der Waals surface area contributed by atoms with Crippen molar-refractivity contribution in [2.24, 2.45) is 5.92 Å². The normalized spacial score (nSPS) is 18.5. The van der Waals surface area contributed by atoms with E-state index in [-0.39, 0.29) is 11.8 Å². The third kappa shape index (κ3) is 3.04. The maximum atomic E-state index is 6.53. The summed E-state index contributed by atoms with van der Waals surface area (Å²) < 4.78 is 6.53. The number of fused-ring (bicyclic) bond motifs is 6. The quantitative estimate of drug-likeness (QED) is 0.245. The maximum Gasteiger partial charge on any atom is 0.139 e. The molecule has 174 valence electrons. The first kappa shape index (κ1) is 20.6. The predicted molar refractivity (Wildman–Crippen MR) is 154 cm³/mol. The van der Waals surface area contributed by atoms with Crippen molar-refractivity contribution in [1.29, 1.82) is 0 Å². The summed E-state index contributed by atoms with van der Waals surface area (Å²) in [5.41, 5.74) is 9.83. The first-order valence-electron chi connectivity index (χ1n) is 12.9. The van der Waals surface area contributed by atoms with Crippen molar-refractivity contribution >= 4 is 38.3 Å². The Bertz CT molecular complexity index is 1940. The van der Waals surface area contributed by atoms with Gasteiger partial charge in [-0.25, -0.2) is 0 Å². The first-order valence-corrected chi connectivity index (χ1v) is 12.9. The molecule has 37 heavy (non-hydrogen) atoms. The molecule has 1 nitrogen and oxygen atoms in total. The van der Waals surface area contributed by atoms with Crippen molar-refractivity contribution in [1.82, 2.24) is 0 Å². The van der Waals surface area contributed by atoms with Gasteiger partial charge in [0.2, 0.25) is 0 Å². The Morgan fingerprint density at radius 2 is 1.38 bits per heavy atom. The molecule has 2 aliphatic carbocycles. The van der Waals surface area contributed by atoms with E-state index < -0.39 is 0 Å². The fraction of sp³-hybridized carbons (Fsp3) is 0.0556. The molecular weight excluding hydrogens is 448 g/mol. The Labute approximate surface area is 215 Å². The fourth-order valence-electron chi connectivity index (χ4n) is 6.49. The Balaban J connectivity index is 1.41. The summed E-state index contributed by atoms with van der Waals surface area (Å²) in [4.78, 5) is 0. The van der Waals surface area contributed by atoms with Crippen LogP contribution in [0.5, 0.6) is 0 Å². The highest BCUT2D eigenvalue weighted by molar-refractivity contribution is 6.06. The molecule has 6 aromatic rings. The van der Waals surface area contributed by atoms with E-state index in [9.17, 15) is 0 Å². The zero-order chi connectivity index (χ0) is 24.3. The van der Waals surface area contributed by atoms with Crippen LogP contribution in [0.3, 0.4) is 0 Å². The molecule has 0 saturated carbocycles. The molecule has 1 heteroatoms. The largest absolute Gasteiger partial charge is 0.456 e. The van der Waals surface area contributed by atoms with Gasteiger partial charge in [0.1, 0.15) is 11.2 Å². The molecule has 0 aliphatic heterocycles. The minimum atomic E-state index is 0.167. The third-order valence-corrected chi connectivity index (χ3v) is 8.09. The maximum absolute atomic E-state index is 6.53. The summed E-state index contributed by atoms with van der Waals surface area (Å²) in [6, 6.07) is 39.4. The molecule has 1 heterocycles. The second-order valence-corrected chi connectivity index (χ2v) is 10.0. The summed E-state index contributed by atoms with van der Waals surface area (Å²) in [6.07, 6.45) is 9.07. The van der Waals surface area contributed by atoms with Gasteiger partial charge in [-0.05, 0) is 50.7 Å². The van der Waals surface area contributed by atoms with Gasteiger partial charge in [-0.1, -0.05) is 121 Å². The van der Waals surface area contributed by atoms with Crippen molar-refractivity contribution < 1.29 is 4.42 Å². The molecule has 0 radical (unpaired) electrons. The molecule has 0 spiro atoms. The third-order valence-electron chi connectivity index (χ3n) is 8.09. The van der Waals surface area contributed by atoms with E-state index >= 15 is 0 Å². The second kappa shape index (κ2) is 7.94. The van der Waals surface area contributed by atoms with Gasteiger partial charge in [0, 0.05) is 28.2 Å². The lowest BCUT2D eigenvalue weighted by Crippen LogP contribution is -2.23. The van der Waals surface area contributed by atoms with Crippen LogP contribution in [0.15, 0.2) is 143 Å². The monoisotopic (exact) mass is 472 g/mol. The van der Waals surface area contributed by atoms with Crippen molar-refractivity contribution in [3.63, 3.8) is 0 Å². The molecule has 8 rings (SSSR count). The van der Waals surface area contributed by atoms with E-state index in [2.05, 4.69) is 127 Å². The van der Waals surface area contributed by atoms with Crippen LogP contribution in [0.4, 0.5) is 0 Å². The lowest BCUT2D eigenvalue weighted by molar-refractivity contribution is 0.619. The van der Waals surface area contributed by atoms with Crippen LogP contribution < -0.4 is 0 Å². The highest BCUT2D eigenvalue weighted by Gasteiger charge is 2.36. The smallest absolute Gasteiger partial charge is 0.139 e. The molecule has 0 fully saturated rings. The van der Waals surface area contributed by atoms with Gasteiger partial charge < -0.3 is 4.42 Å². The molecule has 0 bridgehead atoms. The van der Waals surface area contributed by atoms with E-state index in [4.69, 9.17) is 4.42 Å². The summed E-state index contributed by atoms with van der Waals surface area (Å²) in [5.74, 6) is 0.390. The van der Waals surface area contributed by atoms with Crippen molar-refractivity contribution in [3.8, 4) is 0 Å². The first-order chi connectivity index (χ1) is 18.4. The molecule has 0 N–H and O–H groups in total. The van der Waals surface area contributed by atoms with E-state index in [0.717, 1.165) is 11.2 Å². The van der Waals surface area contributed by atoms with Crippen molar-refractivity contribution in [2.75, 3.05) is 0 Å². The number of hydrogen-bond donors (Lipinski definition) is 0. The number of rotatable bonds is 2. The van der Waals surface area contributed by atoms with Gasteiger partial charge in [-0.15, -0.1) is 0 Å². The van der Waals surface area contributed by atoms with Crippen molar-refractivity contribution in [2.45, 2.75) is 5.92 Å². The van der Waals surface area contributed by atoms with Crippen LogP contribution in [0, 0.1) is 5.92 Å². The standard InChI is InChI=1S/C36H24O/c1-2-11-24-22-25(21-20-23(24)10-1)34-27-13-3-5-15-29(27)35(30-16-6-4-14-28(30)34)32-18-9-17-31-26-12-7-8-19-33(26)37-36(31)32/h1-22,29,35H. The van der Waals surface area contributed by atoms with E-state index in [0.29, 0.717) is 0 Å². The Morgan fingerprint density at radius 3 is 2.35 bits per heavy atom. The number of furan rings is 1. The molecule has 1 aromatic heterocycles. The van der Waals surface area contributed by atoms with Gasteiger partial charge in [-0.3, -0.25) is 0 Å². The van der Waals surface area contributed by atoms with Crippen LogP contribution in [0.25, 0.3) is 38.3 Å². The molecule has 2 atom stereocenters. The molecule has 2 unspecified atom stereocenters. The number of hydrogen-bond acceptors (Lipinski definition) is 1. The van der Waals surface area contributed by atoms with Gasteiger partial charge in [0.05, 0.1) is 0 Å². The number of allylic oxidation sites excluding steroid dienone is 5. The molecular formula is C36H24O. The average Bonchev–Trinajstić information content (AvgIpc) is 3.35. The SMILES string of the molecule is C1=CC2=C(c3ccc4ccccc4c3)c3ccccc3C(c3cccc4c3oc3ccccc34)C2C=C1. The number of benzene rings is 5.